The van der Waals surface area contributed by atoms with Crippen molar-refractivity contribution >= 4 is 18.0 Å². The molecule has 1 amide bonds. The summed E-state index contributed by atoms with van der Waals surface area (Å²) in [5.41, 5.74) is 0.340. The van der Waals surface area contributed by atoms with Crippen LogP contribution in [0.5, 0.6) is 5.75 Å². The zero-order valence-electron chi connectivity index (χ0n) is 10.9. The number of nitrogens with one attached hydrogen (secondary N) is 1. The first-order valence-corrected chi connectivity index (χ1v) is 5.91. The van der Waals surface area contributed by atoms with Gasteiger partial charge in [0.25, 0.3) is 5.91 Å². The van der Waals surface area contributed by atoms with Gasteiger partial charge in [-0.05, 0) is 30.7 Å². The van der Waals surface area contributed by atoms with E-state index in [0.29, 0.717) is 5.56 Å². The molecular formula is C14H14N2O4. The molecule has 2 N–H and O–H groups in total. The summed E-state index contributed by atoms with van der Waals surface area (Å²) >= 11 is 0. The van der Waals surface area contributed by atoms with Gasteiger partial charge in [0, 0.05) is 0 Å². The third kappa shape index (κ3) is 4.82. The Morgan fingerprint density at radius 3 is 2.85 bits per heavy atom. The van der Waals surface area contributed by atoms with Crippen LogP contribution in [0.3, 0.4) is 0 Å². The molecule has 6 nitrogen and oxygen atoms in total. The van der Waals surface area contributed by atoms with Crippen LogP contribution in [0.15, 0.2) is 29.8 Å². The lowest BCUT2D eigenvalue weighted by Gasteiger charge is -2.04. The summed E-state index contributed by atoms with van der Waals surface area (Å²) in [5.74, 6) is -1.22. The maximum Gasteiger partial charge on any atom is 0.325 e. The molecule has 6 heteroatoms. The van der Waals surface area contributed by atoms with E-state index in [1.165, 1.54) is 18.2 Å². The molecule has 20 heavy (non-hydrogen) atoms. The van der Waals surface area contributed by atoms with Gasteiger partial charge < -0.3 is 15.2 Å². The predicted molar refractivity (Wildman–Crippen MR) is 71.3 cm³/mol. The molecule has 0 aliphatic carbocycles. The molecule has 0 aliphatic heterocycles. The normalized spacial score (nSPS) is 10.5. The van der Waals surface area contributed by atoms with Gasteiger partial charge in [-0.2, -0.15) is 5.26 Å². The average molecular weight is 274 g/mol. The maximum atomic E-state index is 11.7. The van der Waals surface area contributed by atoms with Crippen LogP contribution in [-0.2, 0) is 14.3 Å². The Kier molecular flexibility index (Phi) is 5.78. The molecule has 0 saturated heterocycles. The lowest BCUT2D eigenvalue weighted by molar-refractivity contribution is -0.143. The Hall–Kier alpha value is -2.81. The molecule has 0 bridgehead atoms. The number of ether oxygens (including phenoxy) is 1. The fourth-order valence-corrected chi connectivity index (χ4v) is 1.39. The van der Waals surface area contributed by atoms with Gasteiger partial charge in [-0.25, -0.2) is 0 Å². The number of rotatable bonds is 5. The number of hydrogen-bond acceptors (Lipinski definition) is 5. The Balaban J connectivity index is 2.73. The van der Waals surface area contributed by atoms with E-state index in [1.807, 2.05) is 0 Å². The van der Waals surface area contributed by atoms with Crippen LogP contribution < -0.4 is 5.32 Å². The predicted octanol–water partition coefficient (Wildman–Crippen LogP) is 0.978. The molecule has 1 rings (SSSR count). The van der Waals surface area contributed by atoms with Gasteiger partial charge in [0.05, 0.1) is 6.61 Å². The van der Waals surface area contributed by atoms with Crippen LogP contribution in [0, 0.1) is 11.3 Å². The summed E-state index contributed by atoms with van der Waals surface area (Å²) < 4.78 is 4.65. The molecule has 0 heterocycles. The summed E-state index contributed by atoms with van der Waals surface area (Å²) in [7, 11) is 0. The molecule has 0 aliphatic rings. The molecule has 1 aromatic rings. The third-order valence-electron chi connectivity index (χ3n) is 2.24. The summed E-state index contributed by atoms with van der Waals surface area (Å²) in [5, 5.41) is 20.5. The van der Waals surface area contributed by atoms with Crippen LogP contribution >= 0.6 is 0 Å². The van der Waals surface area contributed by atoms with Crippen LogP contribution in [0.2, 0.25) is 0 Å². The lowest BCUT2D eigenvalue weighted by atomic mass is 10.1. The number of hydrogen-bond donors (Lipinski definition) is 2. The third-order valence-corrected chi connectivity index (χ3v) is 2.24. The highest BCUT2D eigenvalue weighted by Crippen LogP contribution is 2.13. The van der Waals surface area contributed by atoms with E-state index in [2.05, 4.69) is 10.1 Å². The van der Waals surface area contributed by atoms with E-state index < -0.39 is 11.9 Å². The van der Waals surface area contributed by atoms with Gasteiger partial charge in [-0.3, -0.25) is 9.59 Å². The first-order chi connectivity index (χ1) is 9.56. The van der Waals surface area contributed by atoms with E-state index >= 15 is 0 Å². The fraction of sp³-hybridized carbons (Fsp3) is 0.214. The number of benzene rings is 1. The van der Waals surface area contributed by atoms with Crippen molar-refractivity contribution in [3.8, 4) is 11.8 Å². The number of carbonyl (C=O) groups is 2. The van der Waals surface area contributed by atoms with Crippen molar-refractivity contribution in [1.82, 2.24) is 5.32 Å². The molecule has 0 aromatic heterocycles. The smallest absolute Gasteiger partial charge is 0.325 e. The molecule has 0 saturated carbocycles. The van der Waals surface area contributed by atoms with E-state index in [4.69, 9.17) is 5.26 Å². The summed E-state index contributed by atoms with van der Waals surface area (Å²) in [4.78, 5) is 22.8. The van der Waals surface area contributed by atoms with Gasteiger partial charge >= 0.3 is 5.97 Å². The fourth-order valence-electron chi connectivity index (χ4n) is 1.39. The number of nitriles is 1. The second kappa shape index (κ2) is 7.59. The maximum absolute atomic E-state index is 11.7. The molecular weight excluding hydrogens is 260 g/mol. The second-order valence-electron chi connectivity index (χ2n) is 3.75. The summed E-state index contributed by atoms with van der Waals surface area (Å²) in [6.07, 6.45) is 1.32. The van der Waals surface area contributed by atoms with Crippen LogP contribution in [0.4, 0.5) is 0 Å². The Bertz CT molecular complexity index is 573. The molecule has 0 fully saturated rings. The molecule has 1 aromatic carbocycles. The second-order valence-corrected chi connectivity index (χ2v) is 3.75. The minimum atomic E-state index is -0.677. The van der Waals surface area contributed by atoms with Crippen molar-refractivity contribution in [3.05, 3.63) is 35.4 Å². The monoisotopic (exact) mass is 274 g/mol. The van der Waals surface area contributed by atoms with Crippen molar-refractivity contribution in [2.24, 2.45) is 0 Å². The standard InChI is InChI=1S/C14H14N2O4/c1-2-20-13(18)9-16-14(19)11(8-15)6-10-4-3-5-12(17)7-10/h3-7,17H,2,9H2,1H3,(H,16,19)/b11-6+. The zero-order valence-corrected chi connectivity index (χ0v) is 10.9. The number of phenols is 1. The lowest BCUT2D eigenvalue weighted by Crippen LogP contribution is -2.31. The number of carbonyl (C=O) groups excluding carboxylic acids is 2. The van der Waals surface area contributed by atoms with Crippen LogP contribution in [0.1, 0.15) is 12.5 Å². The van der Waals surface area contributed by atoms with Gasteiger partial charge in [-0.15, -0.1) is 0 Å². The van der Waals surface area contributed by atoms with Crippen molar-refractivity contribution in [2.45, 2.75) is 6.92 Å². The number of amides is 1. The first-order valence-electron chi connectivity index (χ1n) is 5.91. The highest BCUT2D eigenvalue weighted by atomic mass is 16.5. The van der Waals surface area contributed by atoms with E-state index in [0.717, 1.165) is 0 Å². The SMILES string of the molecule is CCOC(=O)CNC(=O)/C(C#N)=C/c1cccc(O)c1. The molecule has 104 valence electrons. The summed E-state index contributed by atoms with van der Waals surface area (Å²) in [6.45, 7) is 1.58. The van der Waals surface area contributed by atoms with Crippen LogP contribution in [-0.4, -0.2) is 30.1 Å². The first kappa shape index (κ1) is 15.2. The van der Waals surface area contributed by atoms with Gasteiger partial charge in [0.2, 0.25) is 0 Å². The molecule has 0 spiro atoms. The van der Waals surface area contributed by atoms with Gasteiger partial charge in [0.1, 0.15) is 23.9 Å². The largest absolute Gasteiger partial charge is 0.508 e. The van der Waals surface area contributed by atoms with Gasteiger partial charge in [-0.1, -0.05) is 12.1 Å². The van der Waals surface area contributed by atoms with E-state index in [9.17, 15) is 14.7 Å². The van der Waals surface area contributed by atoms with E-state index in [1.54, 1.807) is 25.1 Å². The highest BCUT2D eigenvalue weighted by molar-refractivity contribution is 6.02. The highest BCUT2D eigenvalue weighted by Gasteiger charge is 2.11. The Labute approximate surface area is 116 Å². The van der Waals surface area contributed by atoms with Crippen molar-refractivity contribution in [2.75, 3.05) is 13.2 Å². The average Bonchev–Trinajstić information content (AvgIpc) is 2.42. The van der Waals surface area contributed by atoms with Gasteiger partial charge in [0.15, 0.2) is 0 Å². The quantitative estimate of drug-likeness (QED) is 0.473. The van der Waals surface area contributed by atoms with Crippen LogP contribution in [0.25, 0.3) is 6.08 Å². The minimum absolute atomic E-state index is 0.0305. The Morgan fingerprint density at radius 1 is 1.50 bits per heavy atom. The topological polar surface area (TPSA) is 99.4 Å². The number of phenolic OH excluding ortho intramolecular Hbond substituents is 1. The number of esters is 1. The summed E-state index contributed by atoms with van der Waals surface area (Å²) in [6, 6.07) is 7.85. The molecule has 0 radical (unpaired) electrons. The zero-order chi connectivity index (χ0) is 15.0. The van der Waals surface area contributed by atoms with Crippen molar-refractivity contribution < 1.29 is 19.4 Å². The minimum Gasteiger partial charge on any atom is -0.508 e. The molecule has 0 atom stereocenters. The molecule has 0 unspecified atom stereocenters. The number of aromatic hydroxyl groups is 1. The van der Waals surface area contributed by atoms with E-state index in [-0.39, 0.29) is 24.5 Å². The Morgan fingerprint density at radius 2 is 2.25 bits per heavy atom. The number of nitrogens with zero attached hydrogens (tertiary/aromatic N) is 1. The van der Waals surface area contributed by atoms with Crippen molar-refractivity contribution in [1.29, 1.82) is 5.26 Å². The van der Waals surface area contributed by atoms with Crippen molar-refractivity contribution in [3.63, 3.8) is 0 Å².